The molecule has 1 aliphatic heterocycles. The number of nitriles is 1. The molecular formula is C17H17N5O3. The number of imide groups is 1. The predicted octanol–water partition coefficient (Wildman–Crippen LogP) is 1.86. The average Bonchev–Trinajstić information content (AvgIpc) is 3.14. The van der Waals surface area contributed by atoms with E-state index in [4.69, 9.17) is 9.78 Å². The number of nitrogens with zero attached hydrogens (tertiary/aromatic N) is 4. The van der Waals surface area contributed by atoms with Crippen molar-refractivity contribution in [3.63, 3.8) is 0 Å². The van der Waals surface area contributed by atoms with E-state index < -0.39 is 17.5 Å². The summed E-state index contributed by atoms with van der Waals surface area (Å²) in [6.07, 6.45) is 1.55. The second-order valence-corrected chi connectivity index (χ2v) is 5.99. The highest BCUT2D eigenvalue weighted by Gasteiger charge is 2.49. The molecule has 0 spiro atoms. The molecule has 1 N–H and O–H groups in total. The summed E-state index contributed by atoms with van der Waals surface area (Å²) >= 11 is 0. The number of hydrogen-bond donors (Lipinski definition) is 1. The van der Waals surface area contributed by atoms with E-state index in [1.54, 1.807) is 31.2 Å². The number of nitrogens with one attached hydrogen (secondary N) is 1. The Hall–Kier alpha value is -3.21. The van der Waals surface area contributed by atoms with E-state index in [0.717, 1.165) is 11.3 Å². The largest absolute Gasteiger partial charge is 0.337 e. The second kappa shape index (κ2) is 6.36. The lowest BCUT2D eigenvalue weighted by Gasteiger charge is -2.21. The Bertz CT molecular complexity index is 852. The molecule has 1 aromatic heterocycles. The van der Waals surface area contributed by atoms with Gasteiger partial charge in [-0.3, -0.25) is 9.69 Å². The van der Waals surface area contributed by atoms with Crippen LogP contribution < -0.4 is 5.32 Å². The van der Waals surface area contributed by atoms with Crippen molar-refractivity contribution < 1.29 is 14.1 Å². The number of urea groups is 1. The molecule has 1 aromatic carbocycles. The van der Waals surface area contributed by atoms with Gasteiger partial charge in [-0.1, -0.05) is 24.2 Å². The monoisotopic (exact) mass is 339 g/mol. The zero-order valence-electron chi connectivity index (χ0n) is 13.9. The minimum absolute atomic E-state index is 0.0761. The molecule has 2 aromatic rings. The number of rotatable bonds is 5. The first-order valence-corrected chi connectivity index (χ1v) is 7.94. The fourth-order valence-electron chi connectivity index (χ4n) is 2.73. The van der Waals surface area contributed by atoms with E-state index in [1.807, 2.05) is 13.0 Å². The topological polar surface area (TPSA) is 112 Å². The summed E-state index contributed by atoms with van der Waals surface area (Å²) < 4.78 is 5.11. The fourth-order valence-corrected chi connectivity index (χ4v) is 2.73. The molecule has 0 bridgehead atoms. The summed E-state index contributed by atoms with van der Waals surface area (Å²) in [5.74, 6) is 0.368. The number of aromatic nitrogens is 2. The van der Waals surface area contributed by atoms with Gasteiger partial charge in [-0.05, 0) is 31.0 Å². The minimum Gasteiger partial charge on any atom is -0.337 e. The van der Waals surface area contributed by atoms with Crippen LogP contribution in [-0.2, 0) is 23.3 Å². The van der Waals surface area contributed by atoms with Crippen LogP contribution in [0.3, 0.4) is 0 Å². The molecule has 3 rings (SSSR count). The Morgan fingerprint density at radius 1 is 1.32 bits per heavy atom. The van der Waals surface area contributed by atoms with Crippen LogP contribution in [0, 0.1) is 11.3 Å². The molecule has 8 nitrogen and oxygen atoms in total. The number of hydrogen-bond acceptors (Lipinski definition) is 6. The lowest BCUT2D eigenvalue weighted by atomic mass is 9.91. The highest BCUT2D eigenvalue weighted by atomic mass is 16.5. The normalized spacial score (nSPS) is 19.8. The maximum atomic E-state index is 12.8. The molecule has 8 heteroatoms. The quantitative estimate of drug-likeness (QED) is 0.832. The van der Waals surface area contributed by atoms with Gasteiger partial charge < -0.3 is 9.84 Å². The number of carbonyl (C=O) groups is 2. The molecule has 0 saturated carbocycles. The van der Waals surface area contributed by atoms with Gasteiger partial charge >= 0.3 is 6.03 Å². The second-order valence-electron chi connectivity index (χ2n) is 5.99. The standard InChI is InChI=1S/C17H17N5O3/c1-3-4-13-19-14(25-21-13)10-22-15(23)17(2,20-16(22)24)12-7-5-11(9-18)6-8-12/h5-8H,3-4,10H2,1-2H3,(H,20,24)/t17-/m1/s1. The van der Waals surface area contributed by atoms with Gasteiger partial charge in [-0.25, -0.2) is 4.79 Å². The molecule has 1 atom stereocenters. The Labute approximate surface area is 144 Å². The maximum absolute atomic E-state index is 12.8. The zero-order valence-corrected chi connectivity index (χ0v) is 13.9. The lowest BCUT2D eigenvalue weighted by Crippen LogP contribution is -2.40. The van der Waals surface area contributed by atoms with Crippen LogP contribution in [0.25, 0.3) is 0 Å². The summed E-state index contributed by atoms with van der Waals surface area (Å²) in [6, 6.07) is 8.04. The number of carbonyl (C=O) groups excluding carboxylic acids is 2. The molecular weight excluding hydrogens is 322 g/mol. The molecule has 0 unspecified atom stereocenters. The lowest BCUT2D eigenvalue weighted by molar-refractivity contribution is -0.131. The van der Waals surface area contributed by atoms with Crippen LogP contribution in [0.2, 0.25) is 0 Å². The van der Waals surface area contributed by atoms with Crippen LogP contribution in [0.5, 0.6) is 0 Å². The van der Waals surface area contributed by atoms with Crippen LogP contribution >= 0.6 is 0 Å². The third-order valence-electron chi connectivity index (χ3n) is 4.14. The Balaban J connectivity index is 1.82. The van der Waals surface area contributed by atoms with Gasteiger partial charge in [0, 0.05) is 6.42 Å². The van der Waals surface area contributed by atoms with Crippen LogP contribution in [0.15, 0.2) is 28.8 Å². The third-order valence-corrected chi connectivity index (χ3v) is 4.14. The van der Waals surface area contributed by atoms with E-state index in [9.17, 15) is 9.59 Å². The molecule has 3 amide bonds. The van der Waals surface area contributed by atoms with E-state index in [-0.39, 0.29) is 12.4 Å². The van der Waals surface area contributed by atoms with Gasteiger partial charge in [0.25, 0.3) is 5.91 Å². The summed E-state index contributed by atoms with van der Waals surface area (Å²) in [4.78, 5) is 30.3. The summed E-state index contributed by atoms with van der Waals surface area (Å²) in [7, 11) is 0. The van der Waals surface area contributed by atoms with Crippen molar-refractivity contribution in [1.29, 1.82) is 5.26 Å². The van der Waals surface area contributed by atoms with Crippen molar-refractivity contribution >= 4 is 11.9 Å². The maximum Gasteiger partial charge on any atom is 0.325 e. The zero-order chi connectivity index (χ0) is 18.0. The number of amides is 3. The van der Waals surface area contributed by atoms with Crippen molar-refractivity contribution in [3.8, 4) is 6.07 Å². The van der Waals surface area contributed by atoms with Gasteiger partial charge in [0.05, 0.1) is 11.6 Å². The van der Waals surface area contributed by atoms with Crippen molar-refractivity contribution in [1.82, 2.24) is 20.4 Å². The average molecular weight is 339 g/mol. The number of benzene rings is 1. The summed E-state index contributed by atoms with van der Waals surface area (Å²) in [5, 5.41) is 15.4. The summed E-state index contributed by atoms with van der Waals surface area (Å²) in [6.45, 7) is 3.55. The van der Waals surface area contributed by atoms with Crippen LogP contribution in [-0.4, -0.2) is 27.0 Å². The first-order valence-electron chi connectivity index (χ1n) is 7.94. The van der Waals surface area contributed by atoms with Gasteiger partial charge in [-0.15, -0.1) is 0 Å². The van der Waals surface area contributed by atoms with Gasteiger partial charge in [-0.2, -0.15) is 10.2 Å². The van der Waals surface area contributed by atoms with Crippen LogP contribution in [0.4, 0.5) is 4.79 Å². The molecule has 2 heterocycles. The molecule has 0 aliphatic carbocycles. The molecule has 0 radical (unpaired) electrons. The van der Waals surface area contributed by atoms with Crippen molar-refractivity contribution in [3.05, 3.63) is 47.1 Å². The predicted molar refractivity (Wildman–Crippen MR) is 85.9 cm³/mol. The SMILES string of the molecule is CCCc1noc(CN2C(=O)N[C@](C)(c3ccc(C#N)cc3)C2=O)n1. The van der Waals surface area contributed by atoms with Gasteiger partial charge in [0.1, 0.15) is 12.1 Å². The van der Waals surface area contributed by atoms with Crippen LogP contribution in [0.1, 0.15) is 43.1 Å². The molecule has 1 fully saturated rings. The van der Waals surface area contributed by atoms with Gasteiger partial charge in [0.15, 0.2) is 5.82 Å². The molecule has 1 saturated heterocycles. The third kappa shape index (κ3) is 2.96. The first-order chi connectivity index (χ1) is 12.0. The highest BCUT2D eigenvalue weighted by molar-refractivity contribution is 6.07. The van der Waals surface area contributed by atoms with E-state index >= 15 is 0 Å². The smallest absolute Gasteiger partial charge is 0.325 e. The minimum atomic E-state index is -1.20. The van der Waals surface area contributed by atoms with E-state index in [0.29, 0.717) is 23.4 Å². The Morgan fingerprint density at radius 3 is 2.68 bits per heavy atom. The van der Waals surface area contributed by atoms with E-state index in [2.05, 4.69) is 15.5 Å². The molecule has 128 valence electrons. The molecule has 25 heavy (non-hydrogen) atoms. The fraction of sp³-hybridized carbons (Fsp3) is 0.353. The number of aryl methyl sites for hydroxylation is 1. The summed E-state index contributed by atoms with van der Waals surface area (Å²) in [5.41, 5.74) is -0.114. The van der Waals surface area contributed by atoms with Crippen molar-refractivity contribution in [2.75, 3.05) is 0 Å². The molecule has 1 aliphatic rings. The highest BCUT2D eigenvalue weighted by Crippen LogP contribution is 2.29. The Morgan fingerprint density at radius 2 is 2.04 bits per heavy atom. The van der Waals surface area contributed by atoms with E-state index in [1.165, 1.54) is 0 Å². The van der Waals surface area contributed by atoms with Crippen molar-refractivity contribution in [2.24, 2.45) is 0 Å². The first kappa shape index (κ1) is 16.6. The van der Waals surface area contributed by atoms with Crippen molar-refractivity contribution in [2.45, 2.75) is 38.8 Å². The Kier molecular flexibility index (Phi) is 4.23. The van der Waals surface area contributed by atoms with Gasteiger partial charge in [0.2, 0.25) is 5.89 Å².